The Kier molecular flexibility index (Phi) is 8.86. The molecular weight excluding hydrogens is 456 g/mol. The Labute approximate surface area is 212 Å². The van der Waals surface area contributed by atoms with Crippen molar-refractivity contribution in [2.45, 2.75) is 72.3 Å². The van der Waals surface area contributed by atoms with E-state index in [4.69, 9.17) is 4.74 Å². The molecule has 36 heavy (non-hydrogen) atoms. The van der Waals surface area contributed by atoms with Gasteiger partial charge in [-0.3, -0.25) is 4.79 Å². The zero-order chi connectivity index (χ0) is 26.4. The molecule has 0 aromatic heterocycles. The minimum Gasteiger partial charge on any atom is -0.508 e. The highest BCUT2D eigenvalue weighted by atomic mass is 16.5. The first kappa shape index (κ1) is 26.9. The van der Waals surface area contributed by atoms with Crippen molar-refractivity contribution in [3.8, 4) is 28.7 Å². The van der Waals surface area contributed by atoms with Crippen LogP contribution in [-0.4, -0.2) is 26.2 Å². The minimum atomic E-state index is -0.782. The standard InChI is InChI=1S/C30H36O6/c1-18(2)7-5-8-19(3)9-6-10-20(4)11-12-24-26(33)16-25-27(34)17-28(36-30(25)29(24)35)21-13-22(31)15-23(32)14-21/h7,9,11,13-16,28,31-33,35H,5-6,8,10,12,17H2,1-4H3/t28-/m1/s1. The molecule has 0 unspecified atom stereocenters. The molecule has 2 aromatic carbocycles. The maximum Gasteiger partial charge on any atom is 0.173 e. The predicted octanol–water partition coefficient (Wildman–Crippen LogP) is 7.18. The summed E-state index contributed by atoms with van der Waals surface area (Å²) in [6.45, 7) is 8.37. The SMILES string of the molecule is CC(C)=CCCC(C)=CCCC(C)=CCc1c(O)cc2c(c1O)O[C@@H](c1cc(O)cc(O)c1)CC2=O. The van der Waals surface area contributed by atoms with E-state index in [0.29, 0.717) is 5.56 Å². The molecule has 192 valence electrons. The van der Waals surface area contributed by atoms with Crippen molar-refractivity contribution in [3.63, 3.8) is 0 Å². The van der Waals surface area contributed by atoms with Crippen LogP contribution < -0.4 is 4.74 Å². The van der Waals surface area contributed by atoms with E-state index in [1.807, 2.05) is 13.0 Å². The third kappa shape index (κ3) is 6.94. The summed E-state index contributed by atoms with van der Waals surface area (Å²) in [6.07, 6.45) is 9.80. The summed E-state index contributed by atoms with van der Waals surface area (Å²) < 4.78 is 5.93. The lowest BCUT2D eigenvalue weighted by Crippen LogP contribution is -2.20. The van der Waals surface area contributed by atoms with Crippen molar-refractivity contribution in [2.75, 3.05) is 0 Å². The predicted molar refractivity (Wildman–Crippen MR) is 141 cm³/mol. The molecule has 0 bridgehead atoms. The highest BCUT2D eigenvalue weighted by molar-refractivity contribution is 6.01. The van der Waals surface area contributed by atoms with Gasteiger partial charge in [-0.2, -0.15) is 0 Å². The Bertz CT molecular complexity index is 1190. The third-order valence-electron chi connectivity index (χ3n) is 6.34. The number of phenolic OH excluding ortho intramolecular Hbond substituents is 4. The van der Waals surface area contributed by atoms with E-state index in [9.17, 15) is 25.2 Å². The molecule has 1 heterocycles. The van der Waals surface area contributed by atoms with Crippen molar-refractivity contribution >= 4 is 5.78 Å². The summed E-state index contributed by atoms with van der Waals surface area (Å²) in [4.78, 5) is 12.7. The average Bonchev–Trinajstić information content (AvgIpc) is 2.78. The Morgan fingerprint density at radius 3 is 2.14 bits per heavy atom. The summed E-state index contributed by atoms with van der Waals surface area (Å²) >= 11 is 0. The number of hydrogen-bond acceptors (Lipinski definition) is 6. The van der Waals surface area contributed by atoms with E-state index in [1.54, 1.807) is 0 Å². The fraction of sp³-hybridized carbons (Fsp3) is 0.367. The molecular formula is C30H36O6. The summed E-state index contributed by atoms with van der Waals surface area (Å²) in [5.74, 6) is -1.03. The van der Waals surface area contributed by atoms with Crippen molar-refractivity contribution in [1.82, 2.24) is 0 Å². The fourth-order valence-electron chi connectivity index (χ4n) is 4.27. The molecule has 4 N–H and O–H groups in total. The largest absolute Gasteiger partial charge is 0.508 e. The zero-order valence-electron chi connectivity index (χ0n) is 21.5. The molecule has 0 radical (unpaired) electrons. The molecule has 1 aliphatic rings. The smallest absolute Gasteiger partial charge is 0.173 e. The van der Waals surface area contributed by atoms with E-state index in [1.165, 1.54) is 35.4 Å². The molecule has 3 rings (SSSR count). The van der Waals surface area contributed by atoms with Gasteiger partial charge < -0.3 is 25.2 Å². The number of phenols is 4. The molecule has 2 aromatic rings. The van der Waals surface area contributed by atoms with Crippen LogP contribution in [0.4, 0.5) is 0 Å². The summed E-state index contributed by atoms with van der Waals surface area (Å²) in [6, 6.07) is 5.34. The number of benzene rings is 2. The quantitative estimate of drug-likeness (QED) is 0.276. The van der Waals surface area contributed by atoms with Crippen molar-refractivity contribution in [2.24, 2.45) is 0 Å². The van der Waals surface area contributed by atoms with Crippen LogP contribution in [0.2, 0.25) is 0 Å². The molecule has 0 saturated heterocycles. The Hall–Kier alpha value is -3.67. The van der Waals surface area contributed by atoms with E-state index in [2.05, 4.69) is 32.9 Å². The lowest BCUT2D eigenvalue weighted by Gasteiger charge is -2.27. The normalized spacial score (nSPS) is 15.9. The van der Waals surface area contributed by atoms with Gasteiger partial charge >= 0.3 is 0 Å². The van der Waals surface area contributed by atoms with Crippen LogP contribution in [0.3, 0.4) is 0 Å². The van der Waals surface area contributed by atoms with Crippen LogP contribution in [0.25, 0.3) is 0 Å². The number of ether oxygens (including phenoxy) is 1. The Morgan fingerprint density at radius 1 is 0.889 bits per heavy atom. The summed E-state index contributed by atoms with van der Waals surface area (Å²) in [7, 11) is 0. The van der Waals surface area contributed by atoms with E-state index < -0.39 is 6.10 Å². The van der Waals surface area contributed by atoms with Crippen molar-refractivity contribution in [3.05, 3.63) is 75.9 Å². The second-order valence-corrected chi connectivity index (χ2v) is 9.78. The lowest BCUT2D eigenvalue weighted by molar-refractivity contribution is 0.0840. The molecule has 0 saturated carbocycles. The average molecular weight is 493 g/mol. The van der Waals surface area contributed by atoms with Gasteiger partial charge in [-0.15, -0.1) is 0 Å². The summed E-state index contributed by atoms with van der Waals surface area (Å²) in [5, 5.41) is 41.0. The number of aromatic hydroxyl groups is 4. The monoisotopic (exact) mass is 492 g/mol. The van der Waals surface area contributed by atoms with Gasteiger partial charge in [0, 0.05) is 17.2 Å². The second kappa shape index (κ2) is 11.8. The van der Waals surface area contributed by atoms with Crippen LogP contribution in [-0.2, 0) is 6.42 Å². The van der Waals surface area contributed by atoms with Crippen LogP contribution in [0, 0.1) is 0 Å². The molecule has 0 spiro atoms. The maximum absolute atomic E-state index is 12.7. The van der Waals surface area contributed by atoms with Gasteiger partial charge in [0.25, 0.3) is 0 Å². The van der Waals surface area contributed by atoms with Crippen LogP contribution in [0.15, 0.2) is 59.2 Å². The van der Waals surface area contributed by atoms with Gasteiger partial charge in [0.15, 0.2) is 17.3 Å². The van der Waals surface area contributed by atoms with Gasteiger partial charge in [-0.25, -0.2) is 0 Å². The van der Waals surface area contributed by atoms with Crippen LogP contribution >= 0.6 is 0 Å². The Balaban J connectivity index is 1.72. The van der Waals surface area contributed by atoms with Crippen LogP contribution in [0.1, 0.15) is 87.4 Å². The molecule has 0 aliphatic carbocycles. The number of rotatable bonds is 9. The zero-order valence-corrected chi connectivity index (χ0v) is 21.5. The number of carbonyl (C=O) groups excluding carboxylic acids is 1. The van der Waals surface area contributed by atoms with Crippen LogP contribution in [0.5, 0.6) is 28.7 Å². The highest BCUT2D eigenvalue weighted by Crippen LogP contribution is 2.46. The number of hydrogen-bond donors (Lipinski definition) is 4. The number of Topliss-reactive ketones (excluding diaryl/α,β-unsaturated/α-hetero) is 1. The van der Waals surface area contributed by atoms with Gasteiger partial charge in [-0.1, -0.05) is 34.9 Å². The molecule has 6 nitrogen and oxygen atoms in total. The first-order valence-electron chi connectivity index (χ1n) is 12.3. The van der Waals surface area contributed by atoms with E-state index in [-0.39, 0.29) is 58.5 Å². The van der Waals surface area contributed by atoms with Gasteiger partial charge in [-0.05, 0) is 78.0 Å². The van der Waals surface area contributed by atoms with Gasteiger partial charge in [0.1, 0.15) is 23.4 Å². The number of ketones is 1. The first-order chi connectivity index (χ1) is 17.0. The molecule has 1 aliphatic heterocycles. The number of fused-ring (bicyclic) bond motifs is 1. The topological polar surface area (TPSA) is 107 Å². The summed E-state index contributed by atoms with van der Waals surface area (Å²) in [5.41, 5.74) is 4.64. The lowest BCUT2D eigenvalue weighted by atomic mass is 9.93. The highest BCUT2D eigenvalue weighted by Gasteiger charge is 2.32. The van der Waals surface area contributed by atoms with Gasteiger partial charge in [0.2, 0.25) is 0 Å². The molecule has 1 atom stereocenters. The second-order valence-electron chi connectivity index (χ2n) is 9.78. The number of allylic oxidation sites excluding steroid dienone is 6. The van der Waals surface area contributed by atoms with Crippen molar-refractivity contribution in [1.29, 1.82) is 0 Å². The molecule has 0 fully saturated rings. The fourth-order valence-corrected chi connectivity index (χ4v) is 4.27. The van der Waals surface area contributed by atoms with E-state index >= 15 is 0 Å². The van der Waals surface area contributed by atoms with Crippen molar-refractivity contribution < 1.29 is 30.0 Å². The van der Waals surface area contributed by atoms with Gasteiger partial charge in [0.05, 0.1) is 12.0 Å². The van der Waals surface area contributed by atoms with E-state index in [0.717, 1.165) is 31.3 Å². The Morgan fingerprint density at radius 2 is 1.50 bits per heavy atom. The first-order valence-corrected chi connectivity index (χ1v) is 12.3. The maximum atomic E-state index is 12.7. The third-order valence-corrected chi connectivity index (χ3v) is 6.34. The number of carbonyl (C=O) groups is 1. The minimum absolute atomic E-state index is 0.00728. The molecule has 6 heteroatoms. The molecule has 0 amide bonds.